The third kappa shape index (κ3) is 4.57. The van der Waals surface area contributed by atoms with Crippen molar-refractivity contribution < 1.29 is 15.3 Å². The molecule has 3 rings (SSSR count). The van der Waals surface area contributed by atoms with E-state index < -0.39 is 11.7 Å². The summed E-state index contributed by atoms with van der Waals surface area (Å²) < 4.78 is 0. The number of thiophene rings is 1. The fourth-order valence-electron chi connectivity index (χ4n) is 3.19. The smallest absolute Gasteiger partial charge is 0.125 e. The second-order valence-corrected chi connectivity index (χ2v) is 7.68. The minimum atomic E-state index is -1.06. The van der Waals surface area contributed by atoms with Gasteiger partial charge in [0.1, 0.15) is 11.4 Å². The second-order valence-electron chi connectivity index (χ2n) is 6.73. The third-order valence-corrected chi connectivity index (χ3v) is 5.86. The average Bonchev–Trinajstić information content (AvgIpc) is 3.24. The monoisotopic (exact) mass is 383 g/mol. The van der Waals surface area contributed by atoms with Crippen LogP contribution in [0.3, 0.4) is 0 Å². The van der Waals surface area contributed by atoms with E-state index >= 15 is 0 Å². The first-order chi connectivity index (χ1) is 13.0. The first-order valence-electron chi connectivity index (χ1n) is 9.03. The molecule has 0 saturated carbocycles. The molecule has 5 heteroatoms. The van der Waals surface area contributed by atoms with E-state index in [0.717, 1.165) is 16.0 Å². The zero-order chi connectivity index (χ0) is 19.3. The lowest BCUT2D eigenvalue weighted by molar-refractivity contribution is 0.0698. The van der Waals surface area contributed by atoms with Gasteiger partial charge >= 0.3 is 0 Å². The number of aliphatic hydroxyl groups excluding tert-OH is 1. The molecule has 2 aromatic carbocycles. The summed E-state index contributed by atoms with van der Waals surface area (Å²) >= 11 is 1.54. The normalized spacial score (nSPS) is 15.8. The highest BCUT2D eigenvalue weighted by Gasteiger charge is 2.32. The molecule has 3 unspecified atom stereocenters. The molecule has 0 saturated heterocycles. The van der Waals surface area contributed by atoms with Gasteiger partial charge in [0.05, 0.1) is 6.10 Å². The van der Waals surface area contributed by atoms with Crippen LogP contribution in [0.15, 0.2) is 72.1 Å². The maximum absolute atomic E-state index is 11.4. The van der Waals surface area contributed by atoms with Gasteiger partial charge in [0, 0.05) is 10.9 Å². The molecule has 0 aliphatic heterocycles. The van der Waals surface area contributed by atoms with Crippen LogP contribution < -0.4 is 5.32 Å². The Balaban J connectivity index is 1.67. The van der Waals surface area contributed by atoms with Crippen LogP contribution in [0.25, 0.3) is 0 Å². The number of rotatable bonds is 8. The van der Waals surface area contributed by atoms with Crippen molar-refractivity contribution in [3.8, 4) is 5.75 Å². The molecule has 0 aliphatic carbocycles. The van der Waals surface area contributed by atoms with Gasteiger partial charge in [-0.15, -0.1) is 11.3 Å². The fourth-order valence-corrected chi connectivity index (χ4v) is 4.07. The summed E-state index contributed by atoms with van der Waals surface area (Å²) in [4.78, 5) is 0.905. The standard InChI is InChI=1S/C22H25NO3S/c1-16(21(25)17-9-11-19(24)12-10-17)23-14-13-22(26,20-8-5-15-27-20)18-6-3-2-4-7-18/h2-12,15-16,21,23-26H,13-14H2,1H3. The van der Waals surface area contributed by atoms with Crippen molar-refractivity contribution in [1.29, 1.82) is 0 Å². The molecule has 142 valence electrons. The molecule has 0 bridgehead atoms. The van der Waals surface area contributed by atoms with Crippen LogP contribution in [-0.4, -0.2) is 27.9 Å². The van der Waals surface area contributed by atoms with E-state index in [0.29, 0.717) is 13.0 Å². The minimum Gasteiger partial charge on any atom is -0.508 e. The summed E-state index contributed by atoms with van der Waals surface area (Å²) in [7, 11) is 0. The number of aromatic hydroxyl groups is 1. The van der Waals surface area contributed by atoms with E-state index in [1.165, 1.54) is 11.3 Å². The molecule has 1 aromatic heterocycles. The van der Waals surface area contributed by atoms with Crippen molar-refractivity contribution in [2.45, 2.75) is 31.1 Å². The Morgan fingerprint density at radius 3 is 2.33 bits per heavy atom. The van der Waals surface area contributed by atoms with Gasteiger partial charge in [-0.2, -0.15) is 0 Å². The maximum atomic E-state index is 11.4. The molecule has 3 atom stereocenters. The van der Waals surface area contributed by atoms with Crippen molar-refractivity contribution in [3.63, 3.8) is 0 Å². The first-order valence-corrected chi connectivity index (χ1v) is 9.91. The number of benzene rings is 2. The molecule has 4 nitrogen and oxygen atoms in total. The van der Waals surface area contributed by atoms with Crippen LogP contribution >= 0.6 is 11.3 Å². The number of hydrogen-bond acceptors (Lipinski definition) is 5. The molecule has 4 N–H and O–H groups in total. The number of hydrogen-bond donors (Lipinski definition) is 4. The zero-order valence-electron chi connectivity index (χ0n) is 15.2. The van der Waals surface area contributed by atoms with Gasteiger partial charge in [0.25, 0.3) is 0 Å². The number of phenols is 1. The van der Waals surface area contributed by atoms with Crippen LogP contribution in [0.4, 0.5) is 0 Å². The van der Waals surface area contributed by atoms with Crippen molar-refractivity contribution in [3.05, 3.63) is 88.1 Å². The molecule has 1 heterocycles. The van der Waals surface area contributed by atoms with Crippen LogP contribution in [0, 0.1) is 0 Å². The highest BCUT2D eigenvalue weighted by atomic mass is 32.1. The summed E-state index contributed by atoms with van der Waals surface area (Å²) in [6.07, 6.45) is -0.207. The van der Waals surface area contributed by atoms with E-state index in [1.807, 2.05) is 54.8 Å². The number of phenolic OH excluding ortho intramolecular Hbond substituents is 1. The summed E-state index contributed by atoms with van der Waals surface area (Å²) in [5, 5.41) is 36.6. The Labute approximate surface area is 163 Å². The van der Waals surface area contributed by atoms with Gasteiger partial charge < -0.3 is 20.6 Å². The van der Waals surface area contributed by atoms with Crippen molar-refractivity contribution in [2.24, 2.45) is 0 Å². The van der Waals surface area contributed by atoms with E-state index in [4.69, 9.17) is 0 Å². The van der Waals surface area contributed by atoms with Crippen molar-refractivity contribution >= 4 is 11.3 Å². The molecule has 0 radical (unpaired) electrons. The van der Waals surface area contributed by atoms with E-state index in [2.05, 4.69) is 5.32 Å². The predicted octanol–water partition coefficient (Wildman–Crippen LogP) is 3.79. The molecular weight excluding hydrogens is 358 g/mol. The Hall–Kier alpha value is -2.18. The van der Waals surface area contributed by atoms with E-state index in [-0.39, 0.29) is 11.8 Å². The Kier molecular flexibility index (Phi) is 6.29. The van der Waals surface area contributed by atoms with Crippen LogP contribution in [0.1, 0.15) is 35.5 Å². The lowest BCUT2D eigenvalue weighted by Crippen LogP contribution is -2.37. The SMILES string of the molecule is CC(NCCC(O)(c1ccccc1)c1cccs1)C(O)c1ccc(O)cc1. The lowest BCUT2D eigenvalue weighted by Gasteiger charge is -2.29. The van der Waals surface area contributed by atoms with Gasteiger partial charge in [-0.05, 0) is 54.6 Å². The zero-order valence-corrected chi connectivity index (χ0v) is 16.1. The summed E-state index contributed by atoms with van der Waals surface area (Å²) in [6, 6.07) is 19.9. The largest absolute Gasteiger partial charge is 0.508 e. The predicted molar refractivity (Wildman–Crippen MR) is 109 cm³/mol. The first kappa shape index (κ1) is 19.6. The average molecular weight is 384 g/mol. The third-order valence-electron chi connectivity index (χ3n) is 4.84. The van der Waals surface area contributed by atoms with Gasteiger partial charge in [-0.3, -0.25) is 0 Å². The van der Waals surface area contributed by atoms with Crippen LogP contribution in [0.5, 0.6) is 5.75 Å². The highest BCUT2D eigenvalue weighted by molar-refractivity contribution is 7.10. The molecule has 0 aliphatic rings. The second kappa shape index (κ2) is 8.67. The van der Waals surface area contributed by atoms with Gasteiger partial charge in [0.2, 0.25) is 0 Å². The number of nitrogens with one attached hydrogen (secondary N) is 1. The Bertz CT molecular complexity index is 821. The van der Waals surface area contributed by atoms with Gasteiger partial charge in [-0.1, -0.05) is 48.5 Å². The van der Waals surface area contributed by atoms with Gasteiger partial charge in [0.15, 0.2) is 0 Å². The molecule has 3 aromatic rings. The highest BCUT2D eigenvalue weighted by Crippen LogP contribution is 2.35. The number of aliphatic hydroxyl groups is 2. The Morgan fingerprint density at radius 2 is 1.70 bits per heavy atom. The van der Waals surface area contributed by atoms with E-state index in [1.54, 1.807) is 24.3 Å². The Morgan fingerprint density at radius 1 is 1.00 bits per heavy atom. The van der Waals surface area contributed by atoms with E-state index in [9.17, 15) is 15.3 Å². The lowest BCUT2D eigenvalue weighted by atomic mass is 9.88. The molecule has 0 amide bonds. The van der Waals surface area contributed by atoms with Gasteiger partial charge in [-0.25, -0.2) is 0 Å². The maximum Gasteiger partial charge on any atom is 0.125 e. The summed E-state index contributed by atoms with van der Waals surface area (Å²) in [6.45, 7) is 2.45. The molecule has 0 fully saturated rings. The summed E-state index contributed by atoms with van der Waals surface area (Å²) in [5.74, 6) is 0.176. The topological polar surface area (TPSA) is 72.7 Å². The van der Waals surface area contributed by atoms with Crippen LogP contribution in [0.2, 0.25) is 0 Å². The molecular formula is C22H25NO3S. The quantitative estimate of drug-likeness (QED) is 0.478. The van der Waals surface area contributed by atoms with Crippen LogP contribution in [-0.2, 0) is 5.60 Å². The fraction of sp³-hybridized carbons (Fsp3) is 0.273. The summed E-state index contributed by atoms with van der Waals surface area (Å²) in [5.41, 5.74) is 0.538. The molecule has 27 heavy (non-hydrogen) atoms. The van der Waals surface area contributed by atoms with Crippen molar-refractivity contribution in [2.75, 3.05) is 6.54 Å². The minimum absolute atomic E-state index is 0.176. The molecule has 0 spiro atoms. The van der Waals surface area contributed by atoms with Crippen molar-refractivity contribution in [1.82, 2.24) is 5.32 Å².